The van der Waals surface area contributed by atoms with Crippen LogP contribution >= 0.6 is 23.2 Å². The van der Waals surface area contributed by atoms with Crippen molar-refractivity contribution in [3.63, 3.8) is 0 Å². The number of allylic oxidation sites excluding steroid dienone is 1. The van der Waals surface area contributed by atoms with E-state index in [2.05, 4.69) is 0 Å². The summed E-state index contributed by atoms with van der Waals surface area (Å²) < 4.78 is 3.77. The number of ether oxygens (including phenoxy) is 1. The minimum atomic E-state index is -1.47. The molecular formula is C10H6Cl2O2. The second kappa shape index (κ2) is 3.30. The largest absolute Gasteiger partial charge is 0.454 e. The molecule has 0 radical (unpaired) electrons. The first kappa shape index (κ1) is 9.56. The summed E-state index contributed by atoms with van der Waals surface area (Å²) in [6.07, 6.45) is 2.63. The van der Waals surface area contributed by atoms with Gasteiger partial charge < -0.3 is 4.74 Å². The van der Waals surface area contributed by atoms with Gasteiger partial charge >= 0.3 is 0 Å². The number of hydrogen-bond acceptors (Lipinski definition) is 2. The first-order chi connectivity index (χ1) is 6.58. The van der Waals surface area contributed by atoms with Crippen LogP contribution in [0, 0.1) is 0 Å². The van der Waals surface area contributed by atoms with E-state index in [1.54, 1.807) is 24.3 Å². The molecule has 2 nitrogen and oxygen atoms in total. The maximum Gasteiger partial charge on any atom is 0.278 e. The minimum absolute atomic E-state index is 0.163. The van der Waals surface area contributed by atoms with E-state index in [1.807, 2.05) is 0 Å². The molecule has 1 aliphatic heterocycles. The lowest BCUT2D eigenvalue weighted by molar-refractivity contribution is 0.104. The maximum atomic E-state index is 11.5. The van der Waals surface area contributed by atoms with E-state index in [1.165, 1.54) is 12.2 Å². The van der Waals surface area contributed by atoms with Gasteiger partial charge in [0.15, 0.2) is 5.78 Å². The van der Waals surface area contributed by atoms with Crippen molar-refractivity contribution in [3.8, 4) is 5.75 Å². The van der Waals surface area contributed by atoms with Gasteiger partial charge in [-0.2, -0.15) is 0 Å². The van der Waals surface area contributed by atoms with Crippen LogP contribution in [0.1, 0.15) is 10.4 Å². The van der Waals surface area contributed by atoms with Gasteiger partial charge in [-0.1, -0.05) is 35.3 Å². The molecular weight excluding hydrogens is 223 g/mol. The Morgan fingerprint density at radius 2 is 1.93 bits per heavy atom. The molecule has 0 saturated carbocycles. The van der Waals surface area contributed by atoms with E-state index in [-0.39, 0.29) is 5.78 Å². The van der Waals surface area contributed by atoms with Gasteiger partial charge in [-0.3, -0.25) is 4.79 Å². The van der Waals surface area contributed by atoms with Crippen molar-refractivity contribution in [2.24, 2.45) is 0 Å². The van der Waals surface area contributed by atoms with Crippen molar-refractivity contribution in [1.29, 1.82) is 0 Å². The van der Waals surface area contributed by atoms with Crippen LogP contribution in [-0.2, 0) is 0 Å². The van der Waals surface area contributed by atoms with Crippen LogP contribution < -0.4 is 4.74 Å². The fraction of sp³-hybridized carbons (Fsp3) is 0.100. The smallest absolute Gasteiger partial charge is 0.278 e. The molecule has 0 bridgehead atoms. The van der Waals surface area contributed by atoms with E-state index in [0.29, 0.717) is 11.3 Å². The average molecular weight is 229 g/mol. The number of benzene rings is 1. The van der Waals surface area contributed by atoms with Gasteiger partial charge in [0.25, 0.3) is 4.52 Å². The van der Waals surface area contributed by atoms with Gasteiger partial charge in [0.1, 0.15) is 5.75 Å². The molecule has 0 amide bonds. The molecule has 4 heteroatoms. The Hall–Kier alpha value is -0.990. The number of ketones is 1. The second-order valence-corrected chi connectivity index (χ2v) is 4.17. The zero-order valence-electron chi connectivity index (χ0n) is 7.04. The molecule has 2 rings (SSSR count). The highest BCUT2D eigenvalue weighted by atomic mass is 35.5. The lowest BCUT2D eigenvalue weighted by atomic mass is 10.1. The van der Waals surface area contributed by atoms with Gasteiger partial charge in [-0.05, 0) is 24.3 Å². The standard InChI is InChI=1S/C10H6Cl2O2/c11-10(12)6-5-8(13)7-3-1-2-4-9(7)14-10/h1-6H. The fourth-order valence-corrected chi connectivity index (χ4v) is 1.49. The molecule has 14 heavy (non-hydrogen) atoms. The van der Waals surface area contributed by atoms with Gasteiger partial charge in [0, 0.05) is 0 Å². The zero-order valence-corrected chi connectivity index (χ0v) is 8.55. The van der Waals surface area contributed by atoms with Crippen molar-refractivity contribution in [3.05, 3.63) is 42.0 Å². The summed E-state index contributed by atoms with van der Waals surface area (Å²) in [6.45, 7) is 0. The van der Waals surface area contributed by atoms with E-state index in [0.717, 1.165) is 0 Å². The summed E-state index contributed by atoms with van der Waals surface area (Å²) in [4.78, 5) is 11.5. The van der Waals surface area contributed by atoms with Gasteiger partial charge in [0.05, 0.1) is 5.56 Å². The molecule has 0 fully saturated rings. The first-order valence-electron chi connectivity index (χ1n) is 3.98. The number of halogens is 2. The number of fused-ring (bicyclic) bond motifs is 1. The number of carbonyl (C=O) groups is 1. The van der Waals surface area contributed by atoms with Crippen molar-refractivity contribution in [1.82, 2.24) is 0 Å². The Morgan fingerprint density at radius 1 is 1.21 bits per heavy atom. The summed E-state index contributed by atoms with van der Waals surface area (Å²) >= 11 is 11.5. The van der Waals surface area contributed by atoms with Gasteiger partial charge in [-0.15, -0.1) is 0 Å². The van der Waals surface area contributed by atoms with Crippen LogP contribution in [0.2, 0.25) is 0 Å². The predicted octanol–water partition coefficient (Wildman–Crippen LogP) is 2.95. The Labute approximate surface area is 91.1 Å². The molecule has 1 aromatic carbocycles. The summed E-state index contributed by atoms with van der Waals surface area (Å²) in [7, 11) is 0. The normalized spacial score (nSPS) is 18.3. The van der Waals surface area contributed by atoms with Crippen molar-refractivity contribution in [2.75, 3.05) is 0 Å². The van der Waals surface area contributed by atoms with Crippen LogP contribution in [0.4, 0.5) is 0 Å². The van der Waals surface area contributed by atoms with E-state index in [9.17, 15) is 4.79 Å². The van der Waals surface area contributed by atoms with E-state index in [4.69, 9.17) is 27.9 Å². The Kier molecular flexibility index (Phi) is 2.25. The van der Waals surface area contributed by atoms with E-state index >= 15 is 0 Å². The maximum absolute atomic E-state index is 11.5. The number of hydrogen-bond donors (Lipinski definition) is 0. The Morgan fingerprint density at radius 3 is 2.71 bits per heavy atom. The van der Waals surface area contributed by atoms with Crippen LogP contribution in [0.5, 0.6) is 5.75 Å². The summed E-state index contributed by atoms with van der Waals surface area (Å²) in [5.74, 6) is 0.233. The third kappa shape index (κ3) is 1.76. The number of alkyl halides is 2. The molecule has 0 unspecified atom stereocenters. The lowest BCUT2D eigenvalue weighted by Gasteiger charge is -2.16. The lowest BCUT2D eigenvalue weighted by Crippen LogP contribution is -2.17. The van der Waals surface area contributed by atoms with Gasteiger partial charge in [0.2, 0.25) is 0 Å². The molecule has 1 aromatic rings. The SMILES string of the molecule is O=C1C=CC(Cl)(Cl)Oc2ccccc21. The fourth-order valence-electron chi connectivity index (χ4n) is 1.20. The highest BCUT2D eigenvalue weighted by molar-refractivity contribution is 6.49. The van der Waals surface area contributed by atoms with Crippen molar-refractivity contribution >= 4 is 29.0 Å². The second-order valence-electron chi connectivity index (χ2n) is 2.86. The van der Waals surface area contributed by atoms with Crippen LogP contribution in [-0.4, -0.2) is 10.3 Å². The average Bonchev–Trinajstić information content (AvgIpc) is 2.25. The molecule has 72 valence electrons. The first-order valence-corrected chi connectivity index (χ1v) is 4.73. The number of carbonyl (C=O) groups excluding carboxylic acids is 1. The highest BCUT2D eigenvalue weighted by Gasteiger charge is 2.27. The number of rotatable bonds is 0. The highest BCUT2D eigenvalue weighted by Crippen LogP contribution is 2.32. The summed E-state index contributed by atoms with van der Waals surface area (Å²) in [5, 5.41) is 0. The number of para-hydroxylation sites is 1. The van der Waals surface area contributed by atoms with Crippen LogP contribution in [0.25, 0.3) is 0 Å². The molecule has 0 aromatic heterocycles. The van der Waals surface area contributed by atoms with Crippen LogP contribution in [0.3, 0.4) is 0 Å². The molecule has 1 heterocycles. The van der Waals surface area contributed by atoms with Crippen molar-refractivity contribution < 1.29 is 9.53 Å². The molecule has 0 aliphatic carbocycles. The monoisotopic (exact) mass is 228 g/mol. The van der Waals surface area contributed by atoms with Crippen LogP contribution in [0.15, 0.2) is 36.4 Å². The molecule has 0 spiro atoms. The molecule has 0 N–H and O–H groups in total. The Balaban J connectivity index is 2.55. The Bertz CT molecular complexity index is 410. The summed E-state index contributed by atoms with van der Waals surface area (Å²) in [6, 6.07) is 6.82. The summed E-state index contributed by atoms with van der Waals surface area (Å²) in [5.41, 5.74) is 0.465. The quantitative estimate of drug-likeness (QED) is 0.639. The third-order valence-corrected chi connectivity index (χ3v) is 2.23. The molecule has 1 aliphatic rings. The minimum Gasteiger partial charge on any atom is -0.454 e. The third-order valence-electron chi connectivity index (χ3n) is 1.83. The predicted molar refractivity (Wildman–Crippen MR) is 55.0 cm³/mol. The van der Waals surface area contributed by atoms with E-state index < -0.39 is 4.52 Å². The van der Waals surface area contributed by atoms with Gasteiger partial charge in [-0.25, -0.2) is 0 Å². The molecule has 0 atom stereocenters. The zero-order chi connectivity index (χ0) is 10.2. The molecule has 0 saturated heterocycles. The van der Waals surface area contributed by atoms with Crippen molar-refractivity contribution in [2.45, 2.75) is 4.52 Å². The topological polar surface area (TPSA) is 26.3 Å².